The van der Waals surface area contributed by atoms with E-state index in [9.17, 15) is 14.7 Å². The Hall–Kier alpha value is -2.32. The van der Waals surface area contributed by atoms with Crippen molar-refractivity contribution in [2.45, 2.75) is 45.8 Å². The zero-order valence-electron chi connectivity index (χ0n) is 14.3. The summed E-state index contributed by atoms with van der Waals surface area (Å²) in [6.45, 7) is 7.84. The van der Waals surface area contributed by atoms with Crippen molar-refractivity contribution in [3.63, 3.8) is 0 Å². The van der Waals surface area contributed by atoms with E-state index in [2.05, 4.69) is 5.32 Å². The molecule has 1 rings (SSSR count). The Morgan fingerprint density at radius 3 is 2.50 bits per heavy atom. The van der Waals surface area contributed by atoms with Gasteiger partial charge in [-0.3, -0.25) is 15.3 Å². The topological polar surface area (TPSA) is 117 Å². The van der Waals surface area contributed by atoms with Crippen LogP contribution in [0.1, 0.15) is 44.5 Å². The first-order valence-corrected chi connectivity index (χ1v) is 7.53. The molecule has 0 saturated heterocycles. The van der Waals surface area contributed by atoms with Gasteiger partial charge in [-0.2, -0.15) is 0 Å². The summed E-state index contributed by atoms with van der Waals surface area (Å²) >= 11 is 0. The van der Waals surface area contributed by atoms with E-state index in [0.717, 1.165) is 0 Å². The molecule has 2 amide bonds. The fourth-order valence-corrected chi connectivity index (χ4v) is 1.85. The minimum Gasteiger partial charge on any atom is -0.507 e. The zero-order chi connectivity index (χ0) is 18.3. The van der Waals surface area contributed by atoms with Crippen molar-refractivity contribution in [2.24, 2.45) is 0 Å². The van der Waals surface area contributed by atoms with Gasteiger partial charge in [-0.05, 0) is 39.8 Å². The maximum atomic E-state index is 11.9. The highest BCUT2D eigenvalue weighted by Gasteiger charge is 2.23. The van der Waals surface area contributed by atoms with E-state index < -0.39 is 17.6 Å². The maximum Gasteiger partial charge on any atom is 0.412 e. The second kappa shape index (κ2) is 8.51. The van der Waals surface area contributed by atoms with Crippen LogP contribution in [0.2, 0.25) is 0 Å². The number of aromatic hydroxyl groups is 1. The molecule has 0 heterocycles. The van der Waals surface area contributed by atoms with Crippen LogP contribution in [-0.4, -0.2) is 40.6 Å². The molecule has 0 aromatic heterocycles. The zero-order valence-corrected chi connectivity index (χ0v) is 14.3. The minimum absolute atomic E-state index is 0.104. The predicted octanol–water partition coefficient (Wildman–Crippen LogP) is 2.65. The second-order valence-electron chi connectivity index (χ2n) is 6.12. The molecule has 1 aromatic carbocycles. The molecule has 24 heavy (non-hydrogen) atoms. The predicted molar refractivity (Wildman–Crippen MR) is 87.2 cm³/mol. The summed E-state index contributed by atoms with van der Waals surface area (Å²) in [7, 11) is 0. The van der Waals surface area contributed by atoms with E-state index in [1.54, 1.807) is 13.8 Å². The van der Waals surface area contributed by atoms with E-state index in [0.29, 0.717) is 13.0 Å². The van der Waals surface area contributed by atoms with E-state index >= 15 is 0 Å². The molecule has 0 unspecified atom stereocenters. The van der Waals surface area contributed by atoms with E-state index in [1.165, 1.54) is 23.7 Å². The van der Waals surface area contributed by atoms with Crippen LogP contribution >= 0.6 is 0 Å². The molecule has 8 nitrogen and oxygen atoms in total. The van der Waals surface area contributed by atoms with Crippen LogP contribution in [0.15, 0.2) is 18.2 Å². The first-order chi connectivity index (χ1) is 11.1. The van der Waals surface area contributed by atoms with Crippen molar-refractivity contribution in [2.75, 3.05) is 11.9 Å². The fourth-order valence-electron chi connectivity index (χ4n) is 1.85. The number of hydroxylamine groups is 1. The van der Waals surface area contributed by atoms with Gasteiger partial charge in [0.05, 0.1) is 18.3 Å². The lowest BCUT2D eigenvalue weighted by atomic mass is 10.1. The van der Waals surface area contributed by atoms with Crippen LogP contribution < -0.4 is 10.8 Å². The minimum atomic E-state index is -0.854. The van der Waals surface area contributed by atoms with Gasteiger partial charge in [0.2, 0.25) is 0 Å². The third-order valence-electron chi connectivity index (χ3n) is 3.11. The Bertz CT molecular complexity index is 586. The molecule has 134 valence electrons. The molecular weight excluding hydrogens is 316 g/mol. The van der Waals surface area contributed by atoms with E-state index in [1.807, 2.05) is 13.8 Å². The SMILES string of the molecule is CC(C)OCCC(C)(C)OC(=O)Nc1ccc(C(=O)NO)c(O)c1. The van der Waals surface area contributed by atoms with Crippen LogP contribution in [0.25, 0.3) is 0 Å². The molecular formula is C16H24N2O6. The molecule has 0 aliphatic carbocycles. The van der Waals surface area contributed by atoms with Crippen LogP contribution in [0.5, 0.6) is 5.75 Å². The van der Waals surface area contributed by atoms with Gasteiger partial charge in [-0.1, -0.05) is 0 Å². The Balaban J connectivity index is 2.61. The van der Waals surface area contributed by atoms with Gasteiger partial charge in [0.25, 0.3) is 5.91 Å². The molecule has 0 aliphatic heterocycles. The van der Waals surface area contributed by atoms with Crippen LogP contribution in [0.4, 0.5) is 10.5 Å². The number of rotatable bonds is 7. The molecule has 0 saturated carbocycles. The third kappa shape index (κ3) is 6.43. The van der Waals surface area contributed by atoms with Gasteiger partial charge >= 0.3 is 6.09 Å². The molecule has 4 N–H and O–H groups in total. The summed E-state index contributed by atoms with van der Waals surface area (Å²) in [5, 5.41) is 20.7. The molecule has 8 heteroatoms. The van der Waals surface area contributed by atoms with Gasteiger partial charge in [0.15, 0.2) is 0 Å². The number of hydrogen-bond donors (Lipinski definition) is 4. The quantitative estimate of drug-likeness (QED) is 0.448. The molecule has 0 atom stereocenters. The number of hydrogen-bond acceptors (Lipinski definition) is 6. The lowest BCUT2D eigenvalue weighted by Crippen LogP contribution is -2.32. The summed E-state index contributed by atoms with van der Waals surface area (Å²) < 4.78 is 10.8. The second-order valence-corrected chi connectivity index (χ2v) is 6.12. The van der Waals surface area contributed by atoms with Crippen molar-refractivity contribution < 1.29 is 29.4 Å². The number of benzene rings is 1. The number of phenols is 1. The molecule has 1 aromatic rings. The number of ether oxygens (including phenoxy) is 2. The summed E-state index contributed by atoms with van der Waals surface area (Å²) in [6.07, 6.45) is -0.0602. The maximum absolute atomic E-state index is 11.9. The fraction of sp³-hybridized carbons (Fsp3) is 0.500. The van der Waals surface area contributed by atoms with Gasteiger partial charge in [0, 0.05) is 18.2 Å². The Morgan fingerprint density at radius 1 is 1.29 bits per heavy atom. The number of carbonyl (C=O) groups is 2. The highest BCUT2D eigenvalue weighted by Crippen LogP contribution is 2.23. The van der Waals surface area contributed by atoms with Gasteiger partial charge in [-0.15, -0.1) is 0 Å². The summed E-state index contributed by atoms with van der Waals surface area (Å²) in [5.74, 6) is -1.24. The van der Waals surface area contributed by atoms with E-state index in [-0.39, 0.29) is 23.1 Å². The average Bonchev–Trinajstić information content (AvgIpc) is 2.45. The number of phenolic OH excluding ortho intramolecular Hbond substituents is 1. The van der Waals surface area contributed by atoms with Gasteiger partial charge in [-0.25, -0.2) is 10.3 Å². The first-order valence-electron chi connectivity index (χ1n) is 7.53. The highest BCUT2D eigenvalue weighted by atomic mass is 16.6. The summed E-state index contributed by atoms with van der Waals surface area (Å²) in [4.78, 5) is 23.2. The number of amides is 2. The monoisotopic (exact) mass is 340 g/mol. The largest absolute Gasteiger partial charge is 0.507 e. The Labute approximate surface area is 140 Å². The summed E-state index contributed by atoms with van der Waals surface area (Å²) in [5.41, 5.74) is 0.822. The first kappa shape index (κ1) is 19.7. The number of anilines is 1. The number of carbonyl (C=O) groups excluding carboxylic acids is 2. The Kier molecular flexibility index (Phi) is 6.99. The summed E-state index contributed by atoms with van der Waals surface area (Å²) in [6, 6.07) is 3.85. The van der Waals surface area contributed by atoms with Crippen molar-refractivity contribution >= 4 is 17.7 Å². The van der Waals surface area contributed by atoms with Crippen LogP contribution in [0.3, 0.4) is 0 Å². The van der Waals surface area contributed by atoms with Crippen molar-refractivity contribution in [1.82, 2.24) is 5.48 Å². The lowest BCUT2D eigenvalue weighted by molar-refractivity contribution is 0.000511. The molecule has 0 spiro atoms. The lowest BCUT2D eigenvalue weighted by Gasteiger charge is -2.25. The van der Waals surface area contributed by atoms with Gasteiger partial charge < -0.3 is 14.6 Å². The highest BCUT2D eigenvalue weighted by molar-refractivity contribution is 5.97. The van der Waals surface area contributed by atoms with Crippen molar-refractivity contribution in [1.29, 1.82) is 0 Å². The normalized spacial score (nSPS) is 11.2. The standard InChI is InChI=1S/C16H24N2O6/c1-10(2)23-8-7-16(3,4)24-15(21)17-11-5-6-12(13(19)9-11)14(20)18-22/h5-6,9-10,19,22H,7-8H2,1-4H3,(H,17,21)(H,18,20). The number of nitrogens with one attached hydrogen (secondary N) is 2. The molecule has 0 bridgehead atoms. The molecule has 0 fully saturated rings. The van der Waals surface area contributed by atoms with Crippen LogP contribution in [0, 0.1) is 0 Å². The third-order valence-corrected chi connectivity index (χ3v) is 3.11. The van der Waals surface area contributed by atoms with Gasteiger partial charge in [0.1, 0.15) is 11.4 Å². The Morgan fingerprint density at radius 2 is 1.96 bits per heavy atom. The van der Waals surface area contributed by atoms with Crippen molar-refractivity contribution in [3.8, 4) is 5.75 Å². The van der Waals surface area contributed by atoms with Crippen LogP contribution in [-0.2, 0) is 9.47 Å². The van der Waals surface area contributed by atoms with E-state index in [4.69, 9.17) is 14.7 Å². The smallest absolute Gasteiger partial charge is 0.412 e. The molecule has 0 aliphatic rings. The van der Waals surface area contributed by atoms with Crippen molar-refractivity contribution in [3.05, 3.63) is 23.8 Å². The molecule has 0 radical (unpaired) electrons. The average molecular weight is 340 g/mol.